The number of allylic oxidation sites excluding steroid dienone is 1. The average Bonchev–Trinajstić information content (AvgIpc) is 3.58. The normalized spacial score (nSPS) is 17.9. The minimum Gasteiger partial charge on any atom is -0.383 e. The van der Waals surface area contributed by atoms with Crippen LogP contribution in [0, 0.1) is 6.92 Å². The smallest absolute Gasteiger partial charge is 0.194 e. The zero-order valence-electron chi connectivity index (χ0n) is 18.9. The summed E-state index contributed by atoms with van der Waals surface area (Å²) in [5.41, 5.74) is 13.3. The van der Waals surface area contributed by atoms with E-state index in [0.717, 1.165) is 52.3 Å². The number of hydrogen-bond donors (Lipinski definition) is 2. The molecular formula is C26H25FN6O. The molecule has 1 aliphatic carbocycles. The average molecular weight is 457 g/mol. The van der Waals surface area contributed by atoms with Crippen LogP contribution in [0.5, 0.6) is 0 Å². The molecule has 2 aliphatic rings. The van der Waals surface area contributed by atoms with Gasteiger partial charge in [-0.15, -0.1) is 0 Å². The number of nitrogens with one attached hydrogen (secondary N) is 1. The minimum atomic E-state index is -0.725. The number of alkyl halides is 1. The minimum absolute atomic E-state index is 0.111. The number of likely N-dealkylation sites (tertiary alicyclic amines) is 1. The third-order valence-corrected chi connectivity index (χ3v) is 6.71. The van der Waals surface area contributed by atoms with Gasteiger partial charge in [0.25, 0.3) is 0 Å². The molecule has 0 saturated carbocycles. The number of nitrogens with zero attached hydrogens (tertiary/aromatic N) is 4. The molecule has 1 saturated heterocycles. The van der Waals surface area contributed by atoms with Crippen LogP contribution in [-0.2, 0) is 13.0 Å². The van der Waals surface area contributed by atoms with Gasteiger partial charge in [0.2, 0.25) is 0 Å². The maximum Gasteiger partial charge on any atom is 0.194 e. The highest BCUT2D eigenvalue weighted by Crippen LogP contribution is 2.31. The fourth-order valence-electron chi connectivity index (χ4n) is 5.00. The standard InChI is InChI=1S/C26H25FN6O/c1-15-30-23-5-4-21(11-24(23)31-15)33-26(28)22(12-29-33)25(34)19-9-17-3-2-16(8-18(17)10-19)13-32-7-6-20(27)14-32/h2-5,8-9,11-12,20H,6-7,10,13-14,28H2,1H3,(H,30,31). The molecule has 2 aromatic carbocycles. The number of halogens is 1. The lowest BCUT2D eigenvalue weighted by Crippen LogP contribution is -2.20. The van der Waals surface area contributed by atoms with Crippen molar-refractivity contribution in [2.45, 2.75) is 32.5 Å². The van der Waals surface area contributed by atoms with Crippen molar-refractivity contribution in [3.05, 3.63) is 76.2 Å². The lowest BCUT2D eigenvalue weighted by Gasteiger charge is -2.15. The van der Waals surface area contributed by atoms with Crippen LogP contribution in [0.3, 0.4) is 0 Å². The van der Waals surface area contributed by atoms with Crippen LogP contribution in [0.4, 0.5) is 10.2 Å². The molecule has 1 unspecified atom stereocenters. The predicted octanol–water partition coefficient (Wildman–Crippen LogP) is 4.01. The van der Waals surface area contributed by atoms with Crippen molar-refractivity contribution >= 4 is 28.7 Å². The molecule has 2 aromatic heterocycles. The summed E-state index contributed by atoms with van der Waals surface area (Å²) < 4.78 is 15.1. The van der Waals surface area contributed by atoms with Gasteiger partial charge >= 0.3 is 0 Å². The third-order valence-electron chi connectivity index (χ3n) is 6.71. The van der Waals surface area contributed by atoms with Crippen LogP contribution >= 0.6 is 0 Å². The second-order valence-corrected chi connectivity index (χ2v) is 9.21. The van der Waals surface area contributed by atoms with E-state index in [1.165, 1.54) is 6.20 Å². The highest BCUT2D eigenvalue weighted by atomic mass is 19.1. The number of H-pyrrole nitrogens is 1. The Balaban J connectivity index is 1.22. The van der Waals surface area contributed by atoms with Crippen molar-refractivity contribution in [1.29, 1.82) is 0 Å². The molecule has 8 heteroatoms. The lowest BCUT2D eigenvalue weighted by atomic mass is 10.0. The molecule has 3 heterocycles. The van der Waals surface area contributed by atoms with Gasteiger partial charge in [0, 0.05) is 31.6 Å². The summed E-state index contributed by atoms with van der Waals surface area (Å²) in [5.74, 6) is 1.03. The summed E-state index contributed by atoms with van der Waals surface area (Å²) in [6.45, 7) is 3.92. The number of nitrogens with two attached hydrogens (primary N) is 1. The number of benzene rings is 2. The molecule has 0 spiro atoms. The topological polar surface area (TPSA) is 92.8 Å². The van der Waals surface area contributed by atoms with E-state index in [0.29, 0.717) is 36.3 Å². The maximum absolute atomic E-state index is 13.5. The number of carbonyl (C=O) groups excluding carboxylic acids is 1. The number of anilines is 1. The Bertz CT molecular complexity index is 1470. The molecule has 7 nitrogen and oxygen atoms in total. The molecule has 0 amide bonds. The summed E-state index contributed by atoms with van der Waals surface area (Å²) in [4.78, 5) is 23.1. The first-order valence-electron chi connectivity index (χ1n) is 11.5. The molecule has 0 bridgehead atoms. The van der Waals surface area contributed by atoms with Crippen molar-refractivity contribution in [3.63, 3.8) is 0 Å². The SMILES string of the molecule is Cc1nc2ccc(-n3ncc(C(=O)C4=Cc5ccc(CN6CCC(F)C6)cc5C4)c3N)cc2[nH]1. The van der Waals surface area contributed by atoms with E-state index in [1.807, 2.05) is 37.3 Å². The zero-order chi connectivity index (χ0) is 23.4. The van der Waals surface area contributed by atoms with Crippen molar-refractivity contribution in [2.24, 2.45) is 0 Å². The number of aromatic nitrogens is 4. The largest absolute Gasteiger partial charge is 0.383 e. The van der Waals surface area contributed by atoms with E-state index in [1.54, 1.807) is 4.68 Å². The van der Waals surface area contributed by atoms with Gasteiger partial charge in [-0.05, 0) is 54.3 Å². The highest BCUT2D eigenvalue weighted by Gasteiger charge is 2.25. The predicted molar refractivity (Wildman–Crippen MR) is 130 cm³/mol. The van der Waals surface area contributed by atoms with E-state index < -0.39 is 6.17 Å². The van der Waals surface area contributed by atoms with Crippen molar-refractivity contribution in [2.75, 3.05) is 18.8 Å². The Labute approximate surface area is 196 Å². The van der Waals surface area contributed by atoms with Gasteiger partial charge in [-0.1, -0.05) is 18.2 Å². The summed E-state index contributed by atoms with van der Waals surface area (Å²) in [5, 5.41) is 4.39. The van der Waals surface area contributed by atoms with E-state index in [4.69, 9.17) is 5.73 Å². The molecule has 172 valence electrons. The van der Waals surface area contributed by atoms with Gasteiger partial charge in [0.1, 0.15) is 17.8 Å². The number of aryl methyl sites for hydroxylation is 1. The lowest BCUT2D eigenvalue weighted by molar-refractivity contribution is 0.103. The molecule has 0 radical (unpaired) electrons. The number of ketones is 1. The molecule has 1 aliphatic heterocycles. The first-order chi connectivity index (χ1) is 16.4. The number of rotatable bonds is 5. The van der Waals surface area contributed by atoms with E-state index in [9.17, 15) is 9.18 Å². The van der Waals surface area contributed by atoms with Gasteiger partial charge in [-0.2, -0.15) is 5.10 Å². The number of aromatic amines is 1. The summed E-state index contributed by atoms with van der Waals surface area (Å²) in [7, 11) is 0. The molecule has 4 aromatic rings. The molecule has 34 heavy (non-hydrogen) atoms. The Morgan fingerprint density at radius 1 is 1.26 bits per heavy atom. The van der Waals surface area contributed by atoms with Gasteiger partial charge in [-0.25, -0.2) is 14.1 Å². The molecule has 1 fully saturated rings. The second-order valence-electron chi connectivity index (χ2n) is 9.21. The number of hydrogen-bond acceptors (Lipinski definition) is 5. The van der Waals surface area contributed by atoms with Crippen LogP contribution in [0.15, 0.2) is 48.2 Å². The molecular weight excluding hydrogens is 431 g/mol. The molecule has 6 rings (SSSR count). The van der Waals surface area contributed by atoms with Crippen molar-refractivity contribution in [1.82, 2.24) is 24.6 Å². The van der Waals surface area contributed by atoms with Gasteiger partial charge in [0.15, 0.2) is 5.78 Å². The fourth-order valence-corrected chi connectivity index (χ4v) is 5.00. The van der Waals surface area contributed by atoms with Crippen molar-refractivity contribution in [3.8, 4) is 5.69 Å². The number of fused-ring (bicyclic) bond motifs is 2. The second kappa shape index (κ2) is 7.92. The van der Waals surface area contributed by atoms with Crippen LogP contribution < -0.4 is 5.73 Å². The van der Waals surface area contributed by atoms with Crippen LogP contribution in [-0.4, -0.2) is 49.7 Å². The third kappa shape index (κ3) is 3.60. The quantitative estimate of drug-likeness (QED) is 0.443. The van der Waals surface area contributed by atoms with Crippen LogP contribution in [0.25, 0.3) is 22.8 Å². The first kappa shape index (κ1) is 20.8. The van der Waals surface area contributed by atoms with Gasteiger partial charge in [0.05, 0.1) is 28.5 Å². The van der Waals surface area contributed by atoms with E-state index in [-0.39, 0.29) is 5.78 Å². The zero-order valence-corrected chi connectivity index (χ0v) is 18.9. The number of nitrogen functional groups attached to an aromatic ring is 1. The van der Waals surface area contributed by atoms with Crippen LogP contribution in [0.1, 0.15) is 39.3 Å². The fraction of sp³-hybridized carbons (Fsp3) is 0.269. The Kier molecular flexibility index (Phi) is 4.84. The van der Waals surface area contributed by atoms with Crippen molar-refractivity contribution < 1.29 is 9.18 Å². The summed E-state index contributed by atoms with van der Waals surface area (Å²) >= 11 is 0. The van der Waals surface area contributed by atoms with Gasteiger partial charge < -0.3 is 10.7 Å². The van der Waals surface area contributed by atoms with E-state index in [2.05, 4.69) is 32.1 Å². The molecule has 1 atom stereocenters. The number of Topliss-reactive ketones (excluding diaryl/α,β-unsaturated/α-hetero) is 1. The summed E-state index contributed by atoms with van der Waals surface area (Å²) in [6, 6.07) is 11.9. The summed E-state index contributed by atoms with van der Waals surface area (Å²) in [6.07, 6.45) is 3.91. The maximum atomic E-state index is 13.5. The van der Waals surface area contributed by atoms with Crippen LogP contribution in [0.2, 0.25) is 0 Å². The first-order valence-corrected chi connectivity index (χ1v) is 11.5. The number of carbonyl (C=O) groups is 1. The highest BCUT2D eigenvalue weighted by molar-refractivity contribution is 6.15. The Morgan fingerprint density at radius 3 is 2.97 bits per heavy atom. The number of imidazole rings is 1. The Morgan fingerprint density at radius 2 is 2.15 bits per heavy atom. The van der Waals surface area contributed by atoms with E-state index >= 15 is 0 Å². The monoisotopic (exact) mass is 456 g/mol. The van der Waals surface area contributed by atoms with Gasteiger partial charge in [-0.3, -0.25) is 9.69 Å². The Hall–Kier alpha value is -3.78. The molecule has 3 N–H and O–H groups in total.